The van der Waals surface area contributed by atoms with Crippen molar-refractivity contribution in [3.63, 3.8) is 0 Å². The van der Waals surface area contributed by atoms with Gasteiger partial charge < -0.3 is 18.9 Å². The first-order chi connectivity index (χ1) is 14.2. The third kappa shape index (κ3) is 5.41. The first-order valence-electron chi connectivity index (χ1n) is 9.92. The Bertz CT molecular complexity index is 937. The quantitative estimate of drug-likeness (QED) is 0.323. The Morgan fingerprint density at radius 2 is 1.45 bits per heavy atom. The Morgan fingerprint density at radius 1 is 0.793 bits per heavy atom. The van der Waals surface area contributed by atoms with Gasteiger partial charge in [-0.2, -0.15) is 0 Å². The van der Waals surface area contributed by atoms with E-state index in [9.17, 15) is 4.79 Å². The van der Waals surface area contributed by atoms with E-state index in [4.69, 9.17) is 18.9 Å². The second kappa shape index (κ2) is 10.4. The van der Waals surface area contributed by atoms with Crippen LogP contribution in [0.15, 0.2) is 60.7 Å². The van der Waals surface area contributed by atoms with Gasteiger partial charge in [-0.25, -0.2) is 4.79 Å². The zero-order valence-corrected chi connectivity index (χ0v) is 16.9. The minimum atomic E-state index is -0.761. The smallest absolute Gasteiger partial charge is 0.490 e. The summed E-state index contributed by atoms with van der Waals surface area (Å²) in [7, 11) is 0. The van der Waals surface area contributed by atoms with Crippen molar-refractivity contribution in [2.75, 3.05) is 13.2 Å². The fraction of sp³-hybridized carbons (Fsp3) is 0.292. The summed E-state index contributed by atoms with van der Waals surface area (Å²) in [5, 5.41) is 1.60. The molecule has 0 aliphatic carbocycles. The van der Waals surface area contributed by atoms with Crippen LogP contribution in [0.25, 0.3) is 10.8 Å². The molecule has 0 aromatic heterocycles. The predicted octanol–water partition coefficient (Wildman–Crippen LogP) is 6.13. The second-order valence-electron chi connectivity index (χ2n) is 6.57. The van der Waals surface area contributed by atoms with Crippen LogP contribution in [0.4, 0.5) is 4.79 Å². The summed E-state index contributed by atoms with van der Waals surface area (Å²) < 4.78 is 22.6. The third-order valence-electron chi connectivity index (χ3n) is 4.23. The average molecular weight is 394 g/mol. The van der Waals surface area contributed by atoms with Crippen LogP contribution in [-0.4, -0.2) is 19.4 Å². The van der Waals surface area contributed by atoms with Gasteiger partial charge in [0.25, 0.3) is 0 Å². The molecule has 0 atom stereocenters. The van der Waals surface area contributed by atoms with Gasteiger partial charge in [-0.3, -0.25) is 0 Å². The number of hydrogen-bond donors (Lipinski definition) is 0. The van der Waals surface area contributed by atoms with Gasteiger partial charge in [-0.05, 0) is 18.4 Å². The molecular formula is C24H26O5. The highest BCUT2D eigenvalue weighted by molar-refractivity contribution is 5.96. The van der Waals surface area contributed by atoms with Crippen LogP contribution in [0.1, 0.15) is 32.3 Å². The van der Waals surface area contributed by atoms with Crippen LogP contribution in [-0.2, 0) is 11.3 Å². The first-order valence-corrected chi connectivity index (χ1v) is 9.92. The van der Waals surface area contributed by atoms with Crippen LogP contribution < -0.4 is 14.2 Å². The molecule has 0 radical (unpaired) electrons. The number of ether oxygens (including phenoxy) is 4. The lowest BCUT2D eigenvalue weighted by Crippen LogP contribution is -2.11. The fourth-order valence-electron chi connectivity index (χ4n) is 2.88. The molecule has 0 fully saturated rings. The molecule has 0 aliphatic rings. The van der Waals surface area contributed by atoms with Crippen molar-refractivity contribution in [3.05, 3.63) is 66.2 Å². The highest BCUT2D eigenvalue weighted by atomic mass is 16.7. The van der Waals surface area contributed by atoms with Gasteiger partial charge in [0.05, 0.1) is 13.2 Å². The number of rotatable bonds is 9. The molecule has 0 saturated heterocycles. The number of benzene rings is 3. The average Bonchev–Trinajstić information content (AvgIpc) is 2.76. The maximum atomic E-state index is 12.3. The summed E-state index contributed by atoms with van der Waals surface area (Å²) >= 11 is 0. The molecule has 0 bridgehead atoms. The van der Waals surface area contributed by atoms with Gasteiger partial charge in [0.1, 0.15) is 12.4 Å². The van der Waals surface area contributed by atoms with E-state index in [2.05, 4.69) is 6.92 Å². The normalized spacial score (nSPS) is 10.6. The molecule has 0 N–H and O–H groups in total. The summed E-state index contributed by atoms with van der Waals surface area (Å²) in [6.07, 6.45) is 0.976. The van der Waals surface area contributed by atoms with E-state index in [1.807, 2.05) is 61.5 Å². The van der Waals surface area contributed by atoms with Gasteiger partial charge in [-0.1, -0.05) is 68.4 Å². The van der Waals surface area contributed by atoms with Crippen molar-refractivity contribution in [1.29, 1.82) is 0 Å². The topological polar surface area (TPSA) is 54.0 Å². The molecule has 0 heterocycles. The monoisotopic (exact) mass is 394 g/mol. The minimum absolute atomic E-state index is 0.147. The molecule has 3 aromatic carbocycles. The summed E-state index contributed by atoms with van der Waals surface area (Å²) in [5.41, 5.74) is 0.893. The Hall–Kier alpha value is -3.21. The van der Waals surface area contributed by atoms with E-state index >= 15 is 0 Å². The predicted molar refractivity (Wildman–Crippen MR) is 113 cm³/mol. The van der Waals surface area contributed by atoms with Gasteiger partial charge in [-0.15, -0.1) is 0 Å². The second-order valence-corrected chi connectivity index (χ2v) is 6.57. The molecule has 0 unspecified atom stereocenters. The molecule has 29 heavy (non-hydrogen) atoms. The molecule has 0 spiro atoms. The van der Waals surface area contributed by atoms with Crippen molar-refractivity contribution in [2.24, 2.45) is 0 Å². The maximum absolute atomic E-state index is 12.3. The van der Waals surface area contributed by atoms with Crippen molar-refractivity contribution < 1.29 is 23.7 Å². The lowest BCUT2D eigenvalue weighted by molar-refractivity contribution is 0.0931. The van der Waals surface area contributed by atoms with Crippen molar-refractivity contribution in [2.45, 2.75) is 33.3 Å². The Labute approximate surface area is 171 Å². The molecule has 5 heteroatoms. The number of carbonyl (C=O) groups excluding carboxylic acids is 1. The van der Waals surface area contributed by atoms with Gasteiger partial charge in [0.2, 0.25) is 0 Å². The molecule has 152 valence electrons. The van der Waals surface area contributed by atoms with E-state index in [1.165, 1.54) is 0 Å². The van der Waals surface area contributed by atoms with E-state index in [1.54, 1.807) is 6.07 Å². The lowest BCUT2D eigenvalue weighted by Gasteiger charge is -2.17. The van der Waals surface area contributed by atoms with E-state index < -0.39 is 6.16 Å². The van der Waals surface area contributed by atoms with Crippen molar-refractivity contribution in [1.82, 2.24) is 0 Å². The highest BCUT2D eigenvalue weighted by Crippen LogP contribution is 2.42. The highest BCUT2D eigenvalue weighted by Gasteiger charge is 2.18. The van der Waals surface area contributed by atoms with Gasteiger partial charge in [0, 0.05) is 16.8 Å². The van der Waals surface area contributed by atoms with E-state index in [0.717, 1.165) is 29.2 Å². The summed E-state index contributed by atoms with van der Waals surface area (Å²) in [4.78, 5) is 12.3. The van der Waals surface area contributed by atoms with Crippen LogP contribution >= 0.6 is 0 Å². The van der Waals surface area contributed by atoms with Crippen LogP contribution in [0.2, 0.25) is 0 Å². The largest absolute Gasteiger partial charge is 0.514 e. The molecule has 0 saturated carbocycles. The number of hydrogen-bond acceptors (Lipinski definition) is 5. The van der Waals surface area contributed by atoms with Crippen LogP contribution in [0.5, 0.6) is 17.2 Å². The molecular weight excluding hydrogens is 368 g/mol. The zero-order valence-electron chi connectivity index (χ0n) is 16.9. The fourth-order valence-corrected chi connectivity index (χ4v) is 2.88. The minimum Gasteiger partial charge on any atom is -0.490 e. The summed E-state index contributed by atoms with van der Waals surface area (Å²) in [6.45, 7) is 5.35. The van der Waals surface area contributed by atoms with Crippen molar-refractivity contribution >= 4 is 16.9 Å². The SMILES string of the molecule is CCCOc1cc(OC(=O)OCc2ccccc2)c2ccccc2c1OCCC. The number of fused-ring (bicyclic) bond motifs is 1. The molecule has 3 rings (SSSR count). The standard InChI is InChI=1S/C24H26O5/c1-3-14-26-22-16-21(29-24(25)28-17-18-10-6-5-7-11-18)19-12-8-9-13-20(19)23(22)27-15-4-2/h5-13,16H,3-4,14-15,17H2,1-2H3. The van der Waals surface area contributed by atoms with Crippen LogP contribution in [0.3, 0.4) is 0 Å². The number of carbonyl (C=O) groups is 1. The Balaban J connectivity index is 1.86. The Kier molecular flexibility index (Phi) is 7.34. The molecule has 3 aromatic rings. The van der Waals surface area contributed by atoms with E-state index in [-0.39, 0.29) is 6.61 Å². The molecule has 5 nitrogen and oxygen atoms in total. The summed E-state index contributed by atoms with van der Waals surface area (Å²) in [5.74, 6) is 1.61. The van der Waals surface area contributed by atoms with Gasteiger partial charge in [0.15, 0.2) is 11.5 Å². The summed E-state index contributed by atoms with van der Waals surface area (Å²) in [6, 6.07) is 18.8. The maximum Gasteiger partial charge on any atom is 0.514 e. The third-order valence-corrected chi connectivity index (χ3v) is 4.23. The van der Waals surface area contributed by atoms with Crippen LogP contribution in [0, 0.1) is 0 Å². The Morgan fingerprint density at radius 3 is 2.17 bits per heavy atom. The molecule has 0 aliphatic heterocycles. The van der Waals surface area contributed by atoms with E-state index in [0.29, 0.717) is 30.5 Å². The first kappa shape index (κ1) is 20.5. The van der Waals surface area contributed by atoms with Crippen molar-refractivity contribution in [3.8, 4) is 17.2 Å². The zero-order chi connectivity index (χ0) is 20.5. The lowest BCUT2D eigenvalue weighted by atomic mass is 10.1. The van der Waals surface area contributed by atoms with Gasteiger partial charge >= 0.3 is 6.16 Å². The molecule has 0 amide bonds.